The van der Waals surface area contributed by atoms with Gasteiger partial charge in [0, 0.05) is 5.69 Å². The van der Waals surface area contributed by atoms with Crippen LogP contribution >= 0.6 is 0 Å². The fourth-order valence-electron chi connectivity index (χ4n) is 2.81. The summed E-state index contributed by atoms with van der Waals surface area (Å²) in [6, 6.07) is 6.02. The van der Waals surface area contributed by atoms with E-state index in [0.717, 1.165) is 18.2 Å². The average Bonchev–Trinajstić information content (AvgIpc) is 2.44. The quantitative estimate of drug-likeness (QED) is 0.864. The van der Waals surface area contributed by atoms with E-state index in [2.05, 4.69) is 24.5 Å². The van der Waals surface area contributed by atoms with Gasteiger partial charge in [0.2, 0.25) is 5.91 Å². The normalized spacial score (nSPS) is 16.1. The second-order valence-electron chi connectivity index (χ2n) is 5.98. The zero-order valence-corrected chi connectivity index (χ0v) is 12.7. The summed E-state index contributed by atoms with van der Waals surface area (Å²) >= 11 is 0. The van der Waals surface area contributed by atoms with Crippen molar-refractivity contribution in [2.24, 2.45) is 5.92 Å². The van der Waals surface area contributed by atoms with Gasteiger partial charge < -0.3 is 10.6 Å². The summed E-state index contributed by atoms with van der Waals surface area (Å²) in [7, 11) is 0. The van der Waals surface area contributed by atoms with Crippen LogP contribution in [-0.2, 0) is 4.79 Å². The smallest absolute Gasteiger partial charge is 0.238 e. The first-order valence-electron chi connectivity index (χ1n) is 7.73. The molecule has 0 unspecified atom stereocenters. The Bertz CT molecular complexity index is 450. The lowest BCUT2D eigenvalue weighted by molar-refractivity contribution is -0.115. The number of anilines is 1. The molecule has 0 radical (unpaired) electrons. The molecule has 110 valence electrons. The molecule has 1 amide bonds. The Morgan fingerprint density at radius 2 is 1.90 bits per heavy atom. The van der Waals surface area contributed by atoms with Gasteiger partial charge in [-0.3, -0.25) is 4.79 Å². The van der Waals surface area contributed by atoms with Gasteiger partial charge in [-0.1, -0.05) is 25.3 Å². The Morgan fingerprint density at radius 1 is 1.15 bits per heavy atom. The van der Waals surface area contributed by atoms with Crippen molar-refractivity contribution >= 4 is 11.6 Å². The summed E-state index contributed by atoms with van der Waals surface area (Å²) in [4.78, 5) is 11.9. The van der Waals surface area contributed by atoms with Crippen molar-refractivity contribution in [3.63, 3.8) is 0 Å². The van der Waals surface area contributed by atoms with Crippen LogP contribution in [0.2, 0.25) is 0 Å². The number of benzene rings is 1. The van der Waals surface area contributed by atoms with Crippen molar-refractivity contribution in [3.05, 3.63) is 29.3 Å². The summed E-state index contributed by atoms with van der Waals surface area (Å²) in [6.07, 6.45) is 6.70. The van der Waals surface area contributed by atoms with Crippen LogP contribution in [-0.4, -0.2) is 19.0 Å². The van der Waals surface area contributed by atoms with Gasteiger partial charge in [0.05, 0.1) is 6.54 Å². The first kappa shape index (κ1) is 15.0. The van der Waals surface area contributed by atoms with Crippen LogP contribution in [0.15, 0.2) is 18.2 Å². The van der Waals surface area contributed by atoms with Crippen molar-refractivity contribution < 1.29 is 4.79 Å². The minimum Gasteiger partial charge on any atom is -0.325 e. The molecule has 0 aromatic heterocycles. The number of hydrogen-bond acceptors (Lipinski definition) is 2. The van der Waals surface area contributed by atoms with E-state index in [1.165, 1.54) is 43.2 Å². The molecule has 1 fully saturated rings. The number of amides is 1. The molecule has 0 saturated heterocycles. The maximum atomic E-state index is 11.9. The molecule has 1 aromatic rings. The van der Waals surface area contributed by atoms with Crippen LogP contribution in [0.4, 0.5) is 5.69 Å². The maximum Gasteiger partial charge on any atom is 0.238 e. The van der Waals surface area contributed by atoms with Gasteiger partial charge in [0.25, 0.3) is 0 Å². The molecular formula is C17H26N2O. The topological polar surface area (TPSA) is 41.1 Å². The van der Waals surface area contributed by atoms with Crippen LogP contribution in [0.25, 0.3) is 0 Å². The monoisotopic (exact) mass is 274 g/mol. The zero-order valence-electron chi connectivity index (χ0n) is 12.7. The molecule has 1 saturated carbocycles. The number of nitrogens with one attached hydrogen (secondary N) is 2. The van der Waals surface area contributed by atoms with Gasteiger partial charge in [-0.15, -0.1) is 0 Å². The van der Waals surface area contributed by atoms with Crippen molar-refractivity contribution in [1.29, 1.82) is 0 Å². The predicted octanol–water partition coefficient (Wildman–Crippen LogP) is 3.41. The van der Waals surface area contributed by atoms with E-state index >= 15 is 0 Å². The largest absolute Gasteiger partial charge is 0.325 e. The van der Waals surface area contributed by atoms with Gasteiger partial charge in [-0.25, -0.2) is 0 Å². The van der Waals surface area contributed by atoms with Crippen LogP contribution in [0.1, 0.15) is 43.2 Å². The lowest BCUT2D eigenvalue weighted by Gasteiger charge is -2.21. The fraction of sp³-hybridized carbons (Fsp3) is 0.588. The molecular weight excluding hydrogens is 248 g/mol. The van der Waals surface area contributed by atoms with E-state index in [1.807, 2.05) is 18.2 Å². The zero-order chi connectivity index (χ0) is 14.4. The van der Waals surface area contributed by atoms with Gasteiger partial charge in [-0.05, 0) is 62.4 Å². The Morgan fingerprint density at radius 3 is 2.60 bits per heavy atom. The molecule has 0 heterocycles. The van der Waals surface area contributed by atoms with Crippen molar-refractivity contribution in [2.45, 2.75) is 46.0 Å². The van der Waals surface area contributed by atoms with E-state index < -0.39 is 0 Å². The first-order chi connectivity index (χ1) is 9.65. The Hall–Kier alpha value is -1.35. The molecule has 20 heavy (non-hydrogen) atoms. The minimum atomic E-state index is 0.0454. The molecule has 0 spiro atoms. The van der Waals surface area contributed by atoms with Crippen molar-refractivity contribution in [1.82, 2.24) is 5.32 Å². The highest BCUT2D eigenvalue weighted by Crippen LogP contribution is 2.22. The fourth-order valence-corrected chi connectivity index (χ4v) is 2.81. The number of carbonyl (C=O) groups is 1. The Kier molecular flexibility index (Phi) is 5.60. The van der Waals surface area contributed by atoms with Crippen molar-refractivity contribution in [3.8, 4) is 0 Å². The highest BCUT2D eigenvalue weighted by molar-refractivity contribution is 5.92. The summed E-state index contributed by atoms with van der Waals surface area (Å²) in [5.74, 6) is 0.808. The van der Waals surface area contributed by atoms with Crippen LogP contribution in [0, 0.1) is 19.8 Å². The van der Waals surface area contributed by atoms with Crippen molar-refractivity contribution in [2.75, 3.05) is 18.4 Å². The second kappa shape index (κ2) is 7.44. The average molecular weight is 274 g/mol. The standard InChI is InChI=1S/C17H26N2O/c1-13-8-9-16(10-14(13)2)19-17(20)12-18-11-15-6-4-3-5-7-15/h8-10,15,18H,3-7,11-12H2,1-2H3,(H,19,20). The van der Waals surface area contributed by atoms with Crippen LogP contribution < -0.4 is 10.6 Å². The number of carbonyl (C=O) groups excluding carboxylic acids is 1. The summed E-state index contributed by atoms with van der Waals surface area (Å²) < 4.78 is 0. The van der Waals surface area contributed by atoms with Gasteiger partial charge >= 0.3 is 0 Å². The van der Waals surface area contributed by atoms with Gasteiger partial charge in [0.1, 0.15) is 0 Å². The highest BCUT2D eigenvalue weighted by Gasteiger charge is 2.13. The lowest BCUT2D eigenvalue weighted by Crippen LogP contribution is -2.32. The SMILES string of the molecule is Cc1ccc(NC(=O)CNCC2CCCCC2)cc1C. The lowest BCUT2D eigenvalue weighted by atomic mass is 9.89. The highest BCUT2D eigenvalue weighted by atomic mass is 16.1. The molecule has 0 bridgehead atoms. The molecule has 1 aliphatic rings. The van der Waals surface area contributed by atoms with E-state index in [1.54, 1.807) is 0 Å². The minimum absolute atomic E-state index is 0.0454. The van der Waals surface area contributed by atoms with E-state index in [9.17, 15) is 4.79 Å². The summed E-state index contributed by atoms with van der Waals surface area (Å²) in [6.45, 7) is 5.52. The molecule has 3 nitrogen and oxygen atoms in total. The van der Waals surface area contributed by atoms with Gasteiger partial charge in [0.15, 0.2) is 0 Å². The van der Waals surface area contributed by atoms with Crippen LogP contribution in [0.3, 0.4) is 0 Å². The number of hydrogen-bond donors (Lipinski definition) is 2. The molecule has 1 aliphatic carbocycles. The molecule has 1 aromatic carbocycles. The molecule has 0 aliphatic heterocycles. The maximum absolute atomic E-state index is 11.9. The number of aryl methyl sites for hydroxylation is 2. The third-order valence-electron chi connectivity index (χ3n) is 4.23. The molecule has 2 N–H and O–H groups in total. The Labute approximate surface area is 122 Å². The molecule has 2 rings (SSSR count). The van der Waals surface area contributed by atoms with E-state index in [0.29, 0.717) is 6.54 Å². The molecule has 0 atom stereocenters. The molecule has 3 heteroatoms. The summed E-state index contributed by atoms with van der Waals surface area (Å²) in [5.41, 5.74) is 3.34. The third kappa shape index (κ3) is 4.64. The van der Waals surface area contributed by atoms with E-state index in [4.69, 9.17) is 0 Å². The predicted molar refractivity (Wildman–Crippen MR) is 84.0 cm³/mol. The van der Waals surface area contributed by atoms with Crippen LogP contribution in [0.5, 0.6) is 0 Å². The third-order valence-corrected chi connectivity index (χ3v) is 4.23. The summed E-state index contributed by atoms with van der Waals surface area (Å²) in [5, 5.41) is 6.24. The Balaban J connectivity index is 1.70. The number of rotatable bonds is 5. The van der Waals surface area contributed by atoms with E-state index in [-0.39, 0.29) is 5.91 Å². The first-order valence-corrected chi connectivity index (χ1v) is 7.73. The second-order valence-corrected chi connectivity index (χ2v) is 5.98. The van der Waals surface area contributed by atoms with Gasteiger partial charge in [-0.2, -0.15) is 0 Å².